The van der Waals surface area contributed by atoms with Crippen LogP contribution >= 0.6 is 0 Å². The summed E-state index contributed by atoms with van der Waals surface area (Å²) in [5.74, 6) is -0.719. The Kier molecular flexibility index (Phi) is 6.66. The molecule has 9 nitrogen and oxygen atoms in total. The van der Waals surface area contributed by atoms with Crippen LogP contribution in [0, 0.1) is 0 Å². The second-order valence-electron chi connectivity index (χ2n) is 8.13. The lowest BCUT2D eigenvalue weighted by molar-refractivity contribution is -0.137. The molecule has 2 unspecified atom stereocenters. The quantitative estimate of drug-likeness (QED) is 0.566. The van der Waals surface area contributed by atoms with E-state index in [0.717, 1.165) is 12.1 Å². The van der Waals surface area contributed by atoms with Gasteiger partial charge in [0.05, 0.1) is 34.0 Å². The van der Waals surface area contributed by atoms with Crippen molar-refractivity contribution in [2.45, 2.75) is 37.1 Å². The number of alkyl halides is 3. The number of benzene rings is 2. The van der Waals surface area contributed by atoms with E-state index >= 15 is 0 Å². The molecule has 1 amide bonds. The van der Waals surface area contributed by atoms with Gasteiger partial charge in [-0.1, -0.05) is 0 Å². The number of aromatic nitrogens is 3. The van der Waals surface area contributed by atoms with Gasteiger partial charge in [-0.05, 0) is 56.3 Å². The highest BCUT2D eigenvalue weighted by atomic mass is 32.2. The van der Waals surface area contributed by atoms with E-state index in [9.17, 15) is 26.4 Å². The van der Waals surface area contributed by atoms with Gasteiger partial charge in [-0.25, -0.2) is 18.1 Å². The Morgan fingerprint density at radius 2 is 1.74 bits per heavy atom. The number of halogens is 3. The Morgan fingerprint density at radius 3 is 2.31 bits per heavy atom. The Balaban J connectivity index is 1.58. The Morgan fingerprint density at radius 1 is 1.09 bits per heavy atom. The molecular formula is C22H22F3N5O4S. The van der Waals surface area contributed by atoms with Gasteiger partial charge in [0.15, 0.2) is 0 Å². The normalized spacial score (nSPS) is 19.5. The summed E-state index contributed by atoms with van der Waals surface area (Å²) >= 11 is 0. The zero-order valence-corrected chi connectivity index (χ0v) is 19.5. The number of amides is 1. The fourth-order valence-electron chi connectivity index (χ4n) is 3.79. The maximum Gasteiger partial charge on any atom is 0.416 e. The first kappa shape index (κ1) is 24.8. The van der Waals surface area contributed by atoms with Crippen molar-refractivity contribution in [2.75, 3.05) is 18.4 Å². The van der Waals surface area contributed by atoms with Crippen molar-refractivity contribution in [1.82, 2.24) is 19.1 Å². The highest BCUT2D eigenvalue weighted by Crippen LogP contribution is 2.33. The van der Waals surface area contributed by atoms with Crippen LogP contribution in [0.2, 0.25) is 0 Å². The number of morpholine rings is 1. The Bertz CT molecular complexity index is 1300. The number of sulfonamides is 1. The van der Waals surface area contributed by atoms with Crippen LogP contribution in [-0.2, 0) is 20.9 Å². The first-order valence-corrected chi connectivity index (χ1v) is 12.0. The standard InChI is InChI=1S/C22H22F3N5O4S/c1-14-10-29(11-15(2)34-14)35(32,33)18-6-3-16(4-7-18)21(31)28-19-9-17(22(23,24)25)5-8-20(19)30-13-26-12-27-30/h3-9,12-15H,10-11H2,1-2H3,(H,28,31). The summed E-state index contributed by atoms with van der Waals surface area (Å²) in [6.07, 6.45) is -2.65. The van der Waals surface area contributed by atoms with Gasteiger partial charge in [0.2, 0.25) is 10.0 Å². The number of rotatable bonds is 5. The number of ether oxygens (including phenoxy) is 1. The number of nitrogens with one attached hydrogen (secondary N) is 1. The van der Waals surface area contributed by atoms with Crippen LogP contribution in [-0.4, -0.2) is 58.7 Å². The Hall–Kier alpha value is -3.29. The van der Waals surface area contributed by atoms with Crippen molar-refractivity contribution in [3.8, 4) is 5.69 Å². The van der Waals surface area contributed by atoms with Gasteiger partial charge >= 0.3 is 6.18 Å². The third-order valence-corrected chi connectivity index (χ3v) is 7.22. The molecule has 0 radical (unpaired) electrons. The molecule has 4 rings (SSSR count). The van der Waals surface area contributed by atoms with E-state index in [-0.39, 0.29) is 47.1 Å². The lowest BCUT2D eigenvalue weighted by Gasteiger charge is -2.34. The van der Waals surface area contributed by atoms with Gasteiger partial charge in [0.25, 0.3) is 5.91 Å². The van der Waals surface area contributed by atoms with Crippen LogP contribution in [0.4, 0.5) is 18.9 Å². The number of hydrogen-bond donors (Lipinski definition) is 1. The average molecular weight is 510 g/mol. The van der Waals surface area contributed by atoms with Crippen molar-refractivity contribution in [1.29, 1.82) is 0 Å². The number of anilines is 1. The monoisotopic (exact) mass is 509 g/mol. The van der Waals surface area contributed by atoms with Gasteiger partial charge in [0, 0.05) is 18.7 Å². The van der Waals surface area contributed by atoms with Crippen molar-refractivity contribution in [3.63, 3.8) is 0 Å². The summed E-state index contributed by atoms with van der Waals surface area (Å²) in [6.45, 7) is 3.98. The summed E-state index contributed by atoms with van der Waals surface area (Å²) in [5.41, 5.74) is -0.844. The van der Waals surface area contributed by atoms with Crippen LogP contribution in [0.15, 0.2) is 60.0 Å². The summed E-state index contributed by atoms with van der Waals surface area (Å²) in [6, 6.07) is 8.04. The summed E-state index contributed by atoms with van der Waals surface area (Å²) in [7, 11) is -3.81. The highest BCUT2D eigenvalue weighted by molar-refractivity contribution is 7.89. The summed E-state index contributed by atoms with van der Waals surface area (Å²) < 4.78 is 73.9. The van der Waals surface area contributed by atoms with E-state index in [1.807, 2.05) is 0 Å². The molecule has 1 N–H and O–H groups in total. The second kappa shape index (κ2) is 9.40. The SMILES string of the molecule is CC1CN(S(=O)(=O)c2ccc(C(=O)Nc3cc(C(F)(F)F)ccc3-n3cncn3)cc2)CC(C)O1. The molecule has 1 aliphatic heterocycles. The molecule has 0 bridgehead atoms. The molecule has 1 aliphatic rings. The second-order valence-corrected chi connectivity index (χ2v) is 10.1. The molecule has 3 aromatic rings. The maximum atomic E-state index is 13.2. The molecule has 0 saturated carbocycles. The van der Waals surface area contributed by atoms with Gasteiger partial charge in [-0.2, -0.15) is 22.6 Å². The van der Waals surface area contributed by atoms with Gasteiger partial charge < -0.3 is 10.1 Å². The van der Waals surface area contributed by atoms with Gasteiger partial charge in [-0.15, -0.1) is 0 Å². The van der Waals surface area contributed by atoms with Crippen molar-refractivity contribution < 1.29 is 31.1 Å². The average Bonchev–Trinajstić information content (AvgIpc) is 3.32. The van der Waals surface area contributed by atoms with Crippen LogP contribution in [0.1, 0.15) is 29.8 Å². The van der Waals surface area contributed by atoms with E-state index in [2.05, 4.69) is 15.4 Å². The van der Waals surface area contributed by atoms with Gasteiger partial charge in [0.1, 0.15) is 12.7 Å². The molecule has 2 atom stereocenters. The van der Waals surface area contributed by atoms with Crippen LogP contribution in [0.3, 0.4) is 0 Å². The minimum absolute atomic E-state index is 0.00211. The molecule has 35 heavy (non-hydrogen) atoms. The van der Waals surface area contributed by atoms with Crippen molar-refractivity contribution in [3.05, 3.63) is 66.2 Å². The molecule has 1 aromatic heterocycles. The van der Waals surface area contributed by atoms with E-state index < -0.39 is 27.7 Å². The minimum Gasteiger partial charge on any atom is -0.373 e. The van der Waals surface area contributed by atoms with Crippen LogP contribution in [0.5, 0.6) is 0 Å². The van der Waals surface area contributed by atoms with E-state index in [0.29, 0.717) is 0 Å². The smallest absolute Gasteiger partial charge is 0.373 e. The summed E-state index contributed by atoms with van der Waals surface area (Å²) in [5, 5.41) is 6.36. The summed E-state index contributed by atoms with van der Waals surface area (Å²) in [4.78, 5) is 16.6. The minimum atomic E-state index is -4.62. The molecule has 1 fully saturated rings. The predicted octanol–water partition coefficient (Wildman–Crippen LogP) is 3.34. The molecular weight excluding hydrogens is 487 g/mol. The van der Waals surface area contributed by atoms with Crippen LogP contribution in [0.25, 0.3) is 5.69 Å². The highest BCUT2D eigenvalue weighted by Gasteiger charge is 2.33. The van der Waals surface area contributed by atoms with E-state index in [1.165, 1.54) is 52.0 Å². The molecule has 13 heteroatoms. The fraction of sp³-hybridized carbons (Fsp3) is 0.318. The zero-order chi connectivity index (χ0) is 25.4. The zero-order valence-electron chi connectivity index (χ0n) is 18.7. The fourth-order valence-corrected chi connectivity index (χ4v) is 5.38. The molecule has 186 valence electrons. The Labute approximate surface area is 199 Å². The number of carbonyl (C=O) groups is 1. The van der Waals surface area contributed by atoms with Gasteiger partial charge in [-0.3, -0.25) is 4.79 Å². The van der Waals surface area contributed by atoms with Crippen LogP contribution < -0.4 is 5.32 Å². The number of hydrogen-bond acceptors (Lipinski definition) is 6. The largest absolute Gasteiger partial charge is 0.416 e. The van der Waals surface area contributed by atoms with E-state index in [4.69, 9.17) is 4.74 Å². The first-order valence-electron chi connectivity index (χ1n) is 10.6. The third kappa shape index (κ3) is 5.36. The van der Waals surface area contributed by atoms with E-state index in [1.54, 1.807) is 13.8 Å². The maximum absolute atomic E-state index is 13.2. The molecule has 0 aliphatic carbocycles. The topological polar surface area (TPSA) is 106 Å². The first-order chi connectivity index (χ1) is 16.4. The third-order valence-electron chi connectivity index (χ3n) is 5.38. The van der Waals surface area contributed by atoms with Crippen molar-refractivity contribution in [2.24, 2.45) is 0 Å². The number of carbonyl (C=O) groups excluding carboxylic acids is 1. The lowest BCUT2D eigenvalue weighted by Crippen LogP contribution is -2.48. The lowest BCUT2D eigenvalue weighted by atomic mass is 10.1. The van der Waals surface area contributed by atoms with Crippen molar-refractivity contribution >= 4 is 21.6 Å². The molecule has 0 spiro atoms. The molecule has 2 heterocycles. The molecule has 2 aromatic carbocycles. The molecule has 1 saturated heterocycles. The predicted molar refractivity (Wildman–Crippen MR) is 120 cm³/mol. The number of nitrogens with zero attached hydrogens (tertiary/aromatic N) is 4.